The van der Waals surface area contributed by atoms with Crippen molar-refractivity contribution in [2.45, 2.75) is 0 Å². The Hall–Kier alpha value is -9.51. The minimum Gasteiger partial charge on any atom is -0.308 e. The summed E-state index contributed by atoms with van der Waals surface area (Å²) in [6.07, 6.45) is 1.89. The summed E-state index contributed by atoms with van der Waals surface area (Å²) in [5.74, 6) is 0.667. The van der Waals surface area contributed by atoms with Crippen LogP contribution in [0.1, 0.15) is 0 Å². The molecule has 11 aromatic carbocycles. The second-order valence-corrected chi connectivity index (χ2v) is 18.4. The average molecular weight is 903 g/mol. The summed E-state index contributed by atoms with van der Waals surface area (Å²) < 4.78 is 2.33. The largest absolute Gasteiger partial charge is 0.308 e. The quantitative estimate of drug-likeness (QED) is 0.150. The Morgan fingerprint density at radius 1 is 0.282 bits per heavy atom. The second-order valence-electron chi connectivity index (χ2n) is 18.4. The summed E-state index contributed by atoms with van der Waals surface area (Å²) in [6, 6.07) is 89.3. The van der Waals surface area contributed by atoms with Crippen LogP contribution in [0.2, 0.25) is 0 Å². The van der Waals surface area contributed by atoms with Crippen molar-refractivity contribution in [2.24, 2.45) is 0 Å². The predicted molar refractivity (Wildman–Crippen MR) is 297 cm³/mol. The number of fused-ring (bicyclic) bond motifs is 7. The molecule has 0 saturated heterocycles. The van der Waals surface area contributed by atoms with Crippen molar-refractivity contribution < 1.29 is 0 Å². The summed E-state index contributed by atoms with van der Waals surface area (Å²) in [4.78, 5) is 15.6. The van der Waals surface area contributed by atoms with Crippen molar-refractivity contribution in [1.29, 1.82) is 0 Å². The van der Waals surface area contributed by atoms with Gasteiger partial charge in [-0.3, -0.25) is 4.98 Å². The molecule has 0 radical (unpaired) electrons. The zero-order valence-corrected chi connectivity index (χ0v) is 38.5. The average Bonchev–Trinajstić information content (AvgIpc) is 3.78. The van der Waals surface area contributed by atoms with Gasteiger partial charge in [0.15, 0.2) is 5.82 Å². The monoisotopic (exact) mass is 902 g/mol. The molecule has 14 aromatic rings. The molecule has 0 fully saturated rings. The van der Waals surface area contributed by atoms with Gasteiger partial charge < -0.3 is 4.57 Å². The van der Waals surface area contributed by atoms with Crippen LogP contribution in [0.4, 0.5) is 0 Å². The van der Waals surface area contributed by atoms with Crippen molar-refractivity contribution in [3.63, 3.8) is 0 Å². The van der Waals surface area contributed by atoms with Gasteiger partial charge in [0.25, 0.3) is 0 Å². The lowest BCUT2D eigenvalue weighted by atomic mass is 9.86. The topological polar surface area (TPSA) is 43.6 Å². The minimum absolute atomic E-state index is 0.667. The zero-order chi connectivity index (χ0) is 46.8. The molecule has 0 N–H and O–H groups in total. The number of benzene rings is 11. The minimum atomic E-state index is 0.667. The molecule has 3 heterocycles. The molecule has 4 heteroatoms. The lowest BCUT2D eigenvalue weighted by molar-refractivity contribution is 1.18. The van der Waals surface area contributed by atoms with E-state index >= 15 is 0 Å². The highest BCUT2D eigenvalue weighted by Crippen LogP contribution is 2.44. The molecule has 14 rings (SSSR count). The molecule has 0 aliphatic heterocycles. The Morgan fingerprint density at radius 2 is 0.803 bits per heavy atom. The molecular weight excluding hydrogens is 861 g/mol. The van der Waals surface area contributed by atoms with E-state index in [4.69, 9.17) is 15.0 Å². The first-order valence-corrected chi connectivity index (χ1v) is 24.2. The van der Waals surface area contributed by atoms with Crippen LogP contribution in [0.3, 0.4) is 0 Å². The smallest absolute Gasteiger partial charge is 0.160 e. The lowest BCUT2D eigenvalue weighted by Crippen LogP contribution is -1.96. The molecule has 0 bridgehead atoms. The van der Waals surface area contributed by atoms with Crippen molar-refractivity contribution >= 4 is 65.0 Å². The third-order valence-electron chi connectivity index (χ3n) is 14.2. The fraction of sp³-hybridized carbons (Fsp3) is 0. The van der Waals surface area contributed by atoms with Crippen LogP contribution < -0.4 is 0 Å². The van der Waals surface area contributed by atoms with Crippen molar-refractivity contribution in [2.75, 3.05) is 0 Å². The number of hydrogen-bond acceptors (Lipinski definition) is 3. The van der Waals surface area contributed by atoms with Gasteiger partial charge in [0.2, 0.25) is 0 Å². The third-order valence-corrected chi connectivity index (χ3v) is 14.2. The van der Waals surface area contributed by atoms with Crippen LogP contribution in [-0.2, 0) is 0 Å². The highest BCUT2D eigenvalue weighted by atomic mass is 15.0. The zero-order valence-electron chi connectivity index (χ0n) is 38.5. The highest BCUT2D eigenvalue weighted by molar-refractivity contribution is 6.21. The van der Waals surface area contributed by atoms with E-state index in [1.54, 1.807) is 0 Å². The number of rotatable bonds is 7. The van der Waals surface area contributed by atoms with Crippen LogP contribution in [-0.4, -0.2) is 19.5 Å². The summed E-state index contributed by atoms with van der Waals surface area (Å²) in [7, 11) is 0. The van der Waals surface area contributed by atoms with Crippen molar-refractivity contribution in [1.82, 2.24) is 19.5 Å². The van der Waals surface area contributed by atoms with Crippen LogP contribution >= 0.6 is 0 Å². The van der Waals surface area contributed by atoms with Gasteiger partial charge in [0.1, 0.15) is 0 Å². The Kier molecular flexibility index (Phi) is 9.49. The van der Waals surface area contributed by atoms with Gasteiger partial charge in [0, 0.05) is 34.0 Å². The van der Waals surface area contributed by atoms with Gasteiger partial charge in [-0.25, -0.2) is 9.97 Å². The van der Waals surface area contributed by atoms with Crippen LogP contribution in [0.5, 0.6) is 0 Å². The fourth-order valence-corrected chi connectivity index (χ4v) is 10.8. The summed E-state index contributed by atoms with van der Waals surface area (Å²) in [5, 5.41) is 10.8. The number of pyridine rings is 1. The summed E-state index contributed by atoms with van der Waals surface area (Å²) >= 11 is 0. The maximum Gasteiger partial charge on any atom is 0.160 e. The van der Waals surface area contributed by atoms with Crippen molar-refractivity contribution in [3.8, 4) is 73.0 Å². The molecule has 0 saturated carbocycles. The number of aromatic nitrogens is 4. The molecule has 0 amide bonds. The van der Waals surface area contributed by atoms with Gasteiger partial charge >= 0.3 is 0 Å². The van der Waals surface area contributed by atoms with Crippen molar-refractivity contribution in [3.05, 3.63) is 255 Å². The summed E-state index contributed by atoms with van der Waals surface area (Å²) in [6.45, 7) is 0. The highest BCUT2D eigenvalue weighted by Gasteiger charge is 2.19. The fourth-order valence-electron chi connectivity index (χ4n) is 10.8. The first-order valence-electron chi connectivity index (χ1n) is 24.2. The number of nitrogens with zero attached hydrogens (tertiary/aromatic N) is 4. The first kappa shape index (κ1) is 40.5. The van der Waals surface area contributed by atoms with Crippen LogP contribution in [0.25, 0.3) is 138 Å². The normalized spacial score (nSPS) is 11.7. The van der Waals surface area contributed by atoms with Gasteiger partial charge in [-0.2, -0.15) is 0 Å². The molecule has 0 atom stereocenters. The maximum absolute atomic E-state index is 5.37. The number of hydrogen-bond donors (Lipinski definition) is 0. The standard InChI is InChI=1S/C67H42N4/c1-2-16-46(17-3-1)64-55-22-8-10-24-57(55)65(58-25-11-9-23-56(58)64)47-30-28-45(29-31-47)60-42-61(52-32-27-43-14-4-6-18-48(43)38-52)70-67(69-60)53-21-12-20-49(39-53)51-34-36-62-59(41-51)66-63(26-13-37-68-66)71(62)54-35-33-44-15-5-7-19-50(44)40-54/h1-42H. The van der Waals surface area contributed by atoms with E-state index in [0.717, 1.165) is 72.4 Å². The Balaban J connectivity index is 0.888. The van der Waals surface area contributed by atoms with E-state index in [1.807, 2.05) is 12.3 Å². The Labute approximate surface area is 410 Å². The molecule has 4 nitrogen and oxygen atoms in total. The molecule has 3 aromatic heterocycles. The third kappa shape index (κ3) is 6.96. The van der Waals surface area contributed by atoms with Gasteiger partial charge in [0.05, 0.1) is 27.9 Å². The van der Waals surface area contributed by atoms with Crippen LogP contribution in [0.15, 0.2) is 255 Å². The van der Waals surface area contributed by atoms with E-state index < -0.39 is 0 Å². The SMILES string of the molecule is c1ccc(-c2c3ccccc3c(-c3ccc(-c4cc(-c5ccc6ccccc6c5)nc(-c5cccc(-c6ccc7c(c6)c6ncccc6n7-c6ccc7ccccc7c6)c5)n4)cc3)c3ccccc23)cc1. The van der Waals surface area contributed by atoms with E-state index in [1.165, 1.54) is 59.8 Å². The maximum atomic E-state index is 5.37. The van der Waals surface area contributed by atoms with Gasteiger partial charge in [-0.15, -0.1) is 0 Å². The van der Waals surface area contributed by atoms with E-state index in [2.05, 4.69) is 247 Å². The van der Waals surface area contributed by atoms with E-state index in [-0.39, 0.29) is 0 Å². The Bertz CT molecular complexity index is 4340. The lowest BCUT2D eigenvalue weighted by Gasteiger charge is -2.18. The molecule has 0 aliphatic carbocycles. The Morgan fingerprint density at radius 3 is 1.51 bits per heavy atom. The first-order chi connectivity index (χ1) is 35.2. The van der Waals surface area contributed by atoms with Gasteiger partial charge in [-0.1, -0.05) is 194 Å². The second kappa shape index (κ2) is 16.6. The molecule has 71 heavy (non-hydrogen) atoms. The summed E-state index contributed by atoms with van der Waals surface area (Å²) in [5.41, 5.74) is 16.0. The van der Waals surface area contributed by atoms with E-state index in [0.29, 0.717) is 5.82 Å². The molecule has 330 valence electrons. The van der Waals surface area contributed by atoms with E-state index in [9.17, 15) is 0 Å². The molecular formula is C67H42N4. The molecule has 0 unspecified atom stereocenters. The predicted octanol–water partition coefficient (Wildman–Crippen LogP) is 17.6. The van der Waals surface area contributed by atoms with Gasteiger partial charge in [-0.05, 0) is 131 Å². The molecule has 0 aliphatic rings. The molecule has 0 spiro atoms. The van der Waals surface area contributed by atoms with Crippen LogP contribution in [0, 0.1) is 0 Å².